The fraction of sp³-hybridized carbons (Fsp3) is 0. The van der Waals surface area contributed by atoms with Gasteiger partial charge < -0.3 is 19.2 Å². The van der Waals surface area contributed by atoms with Crippen molar-refractivity contribution in [1.29, 1.82) is 0 Å². The van der Waals surface area contributed by atoms with Crippen LogP contribution in [0, 0.1) is 0 Å². The van der Waals surface area contributed by atoms with E-state index in [4.69, 9.17) is 19.2 Å². The summed E-state index contributed by atoms with van der Waals surface area (Å²) in [6, 6.07) is 0. The molecule has 0 heterocycles. The Balaban J connectivity index is -0.0000000267. The second-order valence-corrected chi connectivity index (χ2v) is 1.80. The van der Waals surface area contributed by atoms with Crippen LogP contribution in [0.4, 0.5) is 0 Å². The van der Waals surface area contributed by atoms with Gasteiger partial charge >= 0.3 is 54.5 Å². The molecule has 0 saturated carbocycles. The summed E-state index contributed by atoms with van der Waals surface area (Å²) in [6.45, 7) is 0. The van der Waals surface area contributed by atoms with Crippen LogP contribution in [-0.2, 0) is 22.4 Å². The SMILES string of the molecule is O[Si](O)(O)O.[AlH3].[Nb].[SrH2]. The second kappa shape index (κ2) is 9.81. The Hall–Kier alpha value is 2.81. The minimum absolute atomic E-state index is 0. The quantitative estimate of drug-likeness (QED) is 0.339. The number of hydrogen-bond donors (Lipinski definition) is 4. The van der Waals surface area contributed by atoms with Crippen molar-refractivity contribution in [2.45, 2.75) is 0 Å². The van der Waals surface area contributed by atoms with E-state index in [-0.39, 0.29) is 85.2 Å². The van der Waals surface area contributed by atoms with Crippen molar-refractivity contribution in [2.75, 3.05) is 0 Å². The van der Waals surface area contributed by atoms with Crippen LogP contribution < -0.4 is 0 Å². The molecule has 0 aliphatic heterocycles. The Kier molecular flexibility index (Phi) is 27.5. The van der Waals surface area contributed by atoms with E-state index in [1.807, 2.05) is 0 Å². The summed E-state index contributed by atoms with van der Waals surface area (Å²) < 4.78 is 0. The summed E-state index contributed by atoms with van der Waals surface area (Å²) in [5, 5.41) is 0. The second-order valence-electron chi connectivity index (χ2n) is 0.600. The maximum atomic E-state index is 7.33. The molecule has 0 fully saturated rings. The average molecular weight is 309 g/mol. The molecule has 4 N–H and O–H groups in total. The van der Waals surface area contributed by atoms with Gasteiger partial charge in [-0.15, -0.1) is 0 Å². The zero-order valence-electron chi connectivity index (χ0n) is 2.74. The molecule has 8 heteroatoms. The van der Waals surface area contributed by atoms with Crippen molar-refractivity contribution in [3.8, 4) is 0 Å². The molecular weight excluding hydrogens is 300 g/mol. The third-order valence-corrected chi connectivity index (χ3v) is 0. The third-order valence-electron chi connectivity index (χ3n) is 0. The average Bonchev–Trinajstić information content (AvgIpc) is 0.722. The van der Waals surface area contributed by atoms with E-state index in [9.17, 15) is 0 Å². The Bertz CT molecular complexity index is 31.5. The van der Waals surface area contributed by atoms with Gasteiger partial charge in [0.15, 0.2) is 17.4 Å². The molecule has 0 aromatic rings. The van der Waals surface area contributed by atoms with Gasteiger partial charge in [-0.1, -0.05) is 0 Å². The summed E-state index contributed by atoms with van der Waals surface area (Å²) in [5.74, 6) is 0. The first kappa shape index (κ1) is 22.4. The van der Waals surface area contributed by atoms with Crippen LogP contribution in [0.25, 0.3) is 0 Å². The zero-order valence-corrected chi connectivity index (χ0v) is 5.93. The first-order valence-corrected chi connectivity index (χ1v) is 2.68. The van der Waals surface area contributed by atoms with Gasteiger partial charge in [0, 0.05) is 22.4 Å². The van der Waals surface area contributed by atoms with Crippen molar-refractivity contribution in [1.82, 2.24) is 0 Å². The summed E-state index contributed by atoms with van der Waals surface area (Å²) in [7, 11) is -4.61. The van der Waals surface area contributed by atoms with E-state index >= 15 is 0 Å². The standard InChI is InChI=1S/Al.Nb.H4O4Si.Sr.5H/c;;1-5(2,3)4;;;;;;/h;;1-4H;;;;;;. The predicted octanol–water partition coefficient (Wildman–Crippen LogP) is -4.71. The van der Waals surface area contributed by atoms with Crippen LogP contribution in [0.2, 0.25) is 0 Å². The molecule has 0 saturated heterocycles. The topological polar surface area (TPSA) is 80.9 Å². The van der Waals surface area contributed by atoms with E-state index in [0.717, 1.165) is 0 Å². The van der Waals surface area contributed by atoms with Gasteiger partial charge in [-0.3, -0.25) is 0 Å². The fourth-order valence-corrected chi connectivity index (χ4v) is 0. The number of rotatable bonds is 0. The summed E-state index contributed by atoms with van der Waals surface area (Å²) in [6.07, 6.45) is 0. The van der Waals surface area contributed by atoms with Gasteiger partial charge in [0.2, 0.25) is 0 Å². The van der Waals surface area contributed by atoms with Gasteiger partial charge in [-0.2, -0.15) is 0 Å². The van der Waals surface area contributed by atoms with Crippen molar-refractivity contribution in [2.24, 2.45) is 0 Å². The molecule has 0 atom stereocenters. The van der Waals surface area contributed by atoms with Gasteiger partial charge in [-0.05, 0) is 0 Å². The van der Waals surface area contributed by atoms with Gasteiger partial charge in [0.05, 0.1) is 0 Å². The van der Waals surface area contributed by atoms with Crippen molar-refractivity contribution < 1.29 is 41.6 Å². The Morgan fingerprint density at radius 1 is 0.875 bits per heavy atom. The first-order valence-electron chi connectivity index (χ1n) is 0.894. The minimum atomic E-state index is -4.61. The van der Waals surface area contributed by atoms with Crippen LogP contribution in [0.3, 0.4) is 0 Å². The van der Waals surface area contributed by atoms with Crippen molar-refractivity contribution >= 4 is 71.9 Å². The van der Waals surface area contributed by atoms with E-state index in [1.165, 1.54) is 0 Å². The molecule has 0 unspecified atom stereocenters. The maximum absolute atomic E-state index is 7.33. The first-order chi connectivity index (χ1) is 2.00. The normalized spacial score (nSPS) is 7.50. The summed E-state index contributed by atoms with van der Waals surface area (Å²) >= 11 is 0. The molecule has 0 aromatic carbocycles. The Morgan fingerprint density at radius 2 is 0.875 bits per heavy atom. The van der Waals surface area contributed by atoms with E-state index in [2.05, 4.69) is 0 Å². The predicted molar refractivity (Wildman–Crippen MR) is 33.1 cm³/mol. The van der Waals surface area contributed by atoms with Crippen LogP contribution in [0.5, 0.6) is 0 Å². The molecule has 0 aromatic heterocycles. The van der Waals surface area contributed by atoms with Gasteiger partial charge in [-0.25, -0.2) is 0 Å². The van der Waals surface area contributed by atoms with Crippen LogP contribution in [0.15, 0.2) is 0 Å². The molecular formula is H9AlNbO4SiSr. The number of hydrogen-bond acceptors (Lipinski definition) is 4. The van der Waals surface area contributed by atoms with Crippen LogP contribution in [-0.4, -0.2) is 91.1 Å². The van der Waals surface area contributed by atoms with Crippen LogP contribution >= 0.6 is 0 Å². The molecule has 8 heavy (non-hydrogen) atoms. The molecule has 4 nitrogen and oxygen atoms in total. The molecule has 0 bridgehead atoms. The molecule has 0 amide bonds. The summed E-state index contributed by atoms with van der Waals surface area (Å²) in [5.41, 5.74) is 0. The van der Waals surface area contributed by atoms with E-state index < -0.39 is 9.05 Å². The zero-order chi connectivity index (χ0) is 4.50. The fourth-order valence-electron chi connectivity index (χ4n) is 0. The molecule has 0 rings (SSSR count). The Morgan fingerprint density at radius 3 is 0.875 bits per heavy atom. The Labute approximate surface area is 111 Å². The van der Waals surface area contributed by atoms with Gasteiger partial charge in [0.1, 0.15) is 0 Å². The molecule has 1 radical (unpaired) electrons. The molecule has 0 aliphatic rings. The van der Waals surface area contributed by atoms with E-state index in [1.54, 1.807) is 0 Å². The third kappa shape index (κ3) is 68.1. The van der Waals surface area contributed by atoms with Gasteiger partial charge in [0.25, 0.3) is 0 Å². The van der Waals surface area contributed by atoms with Crippen LogP contribution in [0.1, 0.15) is 0 Å². The monoisotopic (exact) mass is 309 g/mol. The molecule has 47 valence electrons. The summed E-state index contributed by atoms with van der Waals surface area (Å²) in [4.78, 5) is 29.3. The molecule has 0 spiro atoms. The molecule has 0 aliphatic carbocycles. The van der Waals surface area contributed by atoms with Crippen molar-refractivity contribution in [3.05, 3.63) is 0 Å². The van der Waals surface area contributed by atoms with E-state index in [0.29, 0.717) is 0 Å². The van der Waals surface area contributed by atoms with Crippen molar-refractivity contribution in [3.63, 3.8) is 0 Å².